The van der Waals surface area contributed by atoms with E-state index in [0.717, 1.165) is 11.3 Å². The Morgan fingerprint density at radius 3 is 2.48 bits per heavy atom. The van der Waals surface area contributed by atoms with Crippen molar-refractivity contribution in [2.24, 2.45) is 0 Å². The number of benzene rings is 2. The van der Waals surface area contributed by atoms with Crippen molar-refractivity contribution >= 4 is 0 Å². The van der Waals surface area contributed by atoms with Gasteiger partial charge in [0, 0.05) is 12.6 Å². The first-order valence-corrected chi connectivity index (χ1v) is 6.91. The van der Waals surface area contributed by atoms with Crippen molar-refractivity contribution in [1.29, 1.82) is 0 Å². The molecule has 3 nitrogen and oxygen atoms in total. The molecule has 112 valence electrons. The topological polar surface area (TPSA) is 41.5 Å². The van der Waals surface area contributed by atoms with E-state index in [2.05, 4.69) is 5.32 Å². The Labute approximate surface area is 124 Å². The Morgan fingerprint density at radius 1 is 1.14 bits per heavy atom. The number of rotatable bonds is 6. The molecular formula is C17H20FNO2. The van der Waals surface area contributed by atoms with E-state index in [-0.39, 0.29) is 11.9 Å². The van der Waals surface area contributed by atoms with E-state index < -0.39 is 6.10 Å². The number of hydrogen-bond acceptors (Lipinski definition) is 3. The fraction of sp³-hybridized carbons (Fsp3) is 0.294. The van der Waals surface area contributed by atoms with Crippen molar-refractivity contribution in [2.45, 2.75) is 19.1 Å². The maximum Gasteiger partial charge on any atom is 0.123 e. The molecule has 2 rings (SSSR count). The van der Waals surface area contributed by atoms with E-state index in [0.29, 0.717) is 12.1 Å². The normalized spacial score (nSPS) is 13.7. The molecule has 2 atom stereocenters. The first-order chi connectivity index (χ1) is 10.1. The van der Waals surface area contributed by atoms with Gasteiger partial charge in [0.05, 0.1) is 13.2 Å². The van der Waals surface area contributed by atoms with E-state index in [1.165, 1.54) is 12.1 Å². The highest BCUT2D eigenvalue weighted by atomic mass is 19.1. The maximum atomic E-state index is 13.1. The zero-order chi connectivity index (χ0) is 15.2. The summed E-state index contributed by atoms with van der Waals surface area (Å²) in [6.45, 7) is 2.37. The summed E-state index contributed by atoms with van der Waals surface area (Å²) in [5, 5.41) is 13.3. The average molecular weight is 289 g/mol. The highest BCUT2D eigenvalue weighted by molar-refractivity contribution is 5.29. The average Bonchev–Trinajstić information content (AvgIpc) is 2.52. The minimum Gasteiger partial charge on any atom is -0.497 e. The number of methoxy groups -OCH3 is 1. The lowest BCUT2D eigenvalue weighted by Crippen LogP contribution is -2.24. The highest BCUT2D eigenvalue weighted by Crippen LogP contribution is 2.19. The molecule has 21 heavy (non-hydrogen) atoms. The van der Waals surface area contributed by atoms with Crippen molar-refractivity contribution in [3.63, 3.8) is 0 Å². The van der Waals surface area contributed by atoms with Gasteiger partial charge in [0.1, 0.15) is 11.6 Å². The molecule has 0 spiro atoms. The number of aliphatic hydroxyl groups excluding tert-OH is 1. The SMILES string of the molecule is COc1ccc(C(C)NCC(O)c2cccc(F)c2)cc1. The predicted octanol–water partition coefficient (Wildman–Crippen LogP) is 3.22. The van der Waals surface area contributed by atoms with Gasteiger partial charge in [0.2, 0.25) is 0 Å². The van der Waals surface area contributed by atoms with Gasteiger partial charge in [-0.15, -0.1) is 0 Å². The fourth-order valence-corrected chi connectivity index (χ4v) is 2.13. The van der Waals surface area contributed by atoms with Crippen LogP contribution in [0.3, 0.4) is 0 Å². The molecule has 0 aliphatic heterocycles. The molecule has 0 bridgehead atoms. The second-order valence-corrected chi connectivity index (χ2v) is 4.97. The van der Waals surface area contributed by atoms with Gasteiger partial charge in [0.15, 0.2) is 0 Å². The zero-order valence-corrected chi connectivity index (χ0v) is 12.2. The molecule has 0 aliphatic carbocycles. The van der Waals surface area contributed by atoms with E-state index in [4.69, 9.17) is 4.74 Å². The van der Waals surface area contributed by atoms with Gasteiger partial charge >= 0.3 is 0 Å². The lowest BCUT2D eigenvalue weighted by molar-refractivity contribution is 0.170. The standard InChI is InChI=1S/C17H20FNO2/c1-12(13-6-8-16(21-2)9-7-13)19-11-17(20)14-4-3-5-15(18)10-14/h3-10,12,17,19-20H,11H2,1-2H3. The van der Waals surface area contributed by atoms with Crippen LogP contribution < -0.4 is 10.1 Å². The molecule has 0 amide bonds. The van der Waals surface area contributed by atoms with E-state index in [1.807, 2.05) is 31.2 Å². The van der Waals surface area contributed by atoms with Gasteiger partial charge in [0.25, 0.3) is 0 Å². The monoisotopic (exact) mass is 289 g/mol. The van der Waals surface area contributed by atoms with Crippen LogP contribution in [-0.4, -0.2) is 18.8 Å². The molecule has 0 fully saturated rings. The number of halogens is 1. The molecule has 2 unspecified atom stereocenters. The third-order valence-electron chi connectivity index (χ3n) is 3.47. The third kappa shape index (κ3) is 4.28. The van der Waals surface area contributed by atoms with Gasteiger partial charge in [-0.1, -0.05) is 24.3 Å². The van der Waals surface area contributed by atoms with Crippen LogP contribution in [0.25, 0.3) is 0 Å². The highest BCUT2D eigenvalue weighted by Gasteiger charge is 2.11. The van der Waals surface area contributed by atoms with E-state index >= 15 is 0 Å². The minimum absolute atomic E-state index is 0.0825. The van der Waals surface area contributed by atoms with Crippen molar-refractivity contribution in [1.82, 2.24) is 5.32 Å². The van der Waals surface area contributed by atoms with Gasteiger partial charge in [-0.05, 0) is 42.3 Å². The largest absolute Gasteiger partial charge is 0.497 e. The minimum atomic E-state index is -0.735. The Morgan fingerprint density at radius 2 is 1.86 bits per heavy atom. The molecule has 2 N–H and O–H groups in total. The summed E-state index contributed by atoms with van der Waals surface area (Å²) in [5.74, 6) is 0.473. The molecule has 0 saturated carbocycles. The van der Waals surface area contributed by atoms with Crippen LogP contribution in [0.15, 0.2) is 48.5 Å². The first-order valence-electron chi connectivity index (χ1n) is 6.91. The second kappa shape index (κ2) is 7.20. The summed E-state index contributed by atoms with van der Waals surface area (Å²) in [6.07, 6.45) is -0.735. The van der Waals surface area contributed by atoms with Crippen LogP contribution in [0.2, 0.25) is 0 Å². The van der Waals surface area contributed by atoms with Crippen LogP contribution >= 0.6 is 0 Å². The summed E-state index contributed by atoms with van der Waals surface area (Å²) in [4.78, 5) is 0. The lowest BCUT2D eigenvalue weighted by Gasteiger charge is -2.18. The molecule has 0 aliphatic rings. The Hall–Kier alpha value is -1.91. The van der Waals surface area contributed by atoms with Crippen molar-refractivity contribution in [2.75, 3.05) is 13.7 Å². The molecule has 2 aromatic rings. The molecule has 0 radical (unpaired) electrons. The predicted molar refractivity (Wildman–Crippen MR) is 80.8 cm³/mol. The second-order valence-electron chi connectivity index (χ2n) is 4.97. The van der Waals surface area contributed by atoms with Crippen LogP contribution in [0.5, 0.6) is 5.75 Å². The first kappa shape index (κ1) is 15.5. The Balaban J connectivity index is 1.92. The quantitative estimate of drug-likeness (QED) is 0.858. The van der Waals surface area contributed by atoms with Crippen LogP contribution in [0.4, 0.5) is 4.39 Å². The molecule has 0 saturated heterocycles. The molecule has 0 heterocycles. The van der Waals surface area contributed by atoms with Crippen LogP contribution in [0.1, 0.15) is 30.2 Å². The smallest absolute Gasteiger partial charge is 0.123 e. The van der Waals surface area contributed by atoms with Crippen molar-refractivity contribution < 1.29 is 14.2 Å². The molecule has 4 heteroatoms. The summed E-state index contributed by atoms with van der Waals surface area (Å²) < 4.78 is 18.2. The number of hydrogen-bond donors (Lipinski definition) is 2. The summed E-state index contributed by atoms with van der Waals surface area (Å²) >= 11 is 0. The lowest BCUT2D eigenvalue weighted by atomic mass is 10.1. The van der Waals surface area contributed by atoms with Gasteiger partial charge in [-0.3, -0.25) is 0 Å². The number of aliphatic hydroxyl groups is 1. The Kier molecular flexibility index (Phi) is 5.31. The van der Waals surface area contributed by atoms with Gasteiger partial charge in [-0.25, -0.2) is 4.39 Å². The summed E-state index contributed by atoms with van der Waals surface area (Å²) in [7, 11) is 1.63. The molecular weight excluding hydrogens is 269 g/mol. The third-order valence-corrected chi connectivity index (χ3v) is 3.47. The molecule has 0 aromatic heterocycles. The number of ether oxygens (including phenoxy) is 1. The van der Waals surface area contributed by atoms with E-state index in [1.54, 1.807) is 19.2 Å². The van der Waals surface area contributed by atoms with E-state index in [9.17, 15) is 9.50 Å². The molecule has 2 aromatic carbocycles. The number of nitrogens with one attached hydrogen (secondary N) is 1. The van der Waals surface area contributed by atoms with Crippen LogP contribution in [-0.2, 0) is 0 Å². The van der Waals surface area contributed by atoms with Gasteiger partial charge < -0.3 is 15.2 Å². The maximum absolute atomic E-state index is 13.1. The summed E-state index contributed by atoms with van der Waals surface area (Å²) in [6, 6.07) is 13.9. The van der Waals surface area contributed by atoms with Crippen molar-refractivity contribution in [3.8, 4) is 5.75 Å². The van der Waals surface area contributed by atoms with Crippen LogP contribution in [0, 0.1) is 5.82 Å². The van der Waals surface area contributed by atoms with Crippen molar-refractivity contribution in [3.05, 3.63) is 65.5 Å². The Bertz CT molecular complexity index is 571. The summed E-state index contributed by atoms with van der Waals surface area (Å²) in [5.41, 5.74) is 1.67. The fourth-order valence-electron chi connectivity index (χ4n) is 2.13. The zero-order valence-electron chi connectivity index (χ0n) is 12.2. The van der Waals surface area contributed by atoms with Gasteiger partial charge in [-0.2, -0.15) is 0 Å².